The molecule has 0 spiro atoms. The van der Waals surface area contributed by atoms with Gasteiger partial charge in [0.05, 0.1) is 5.41 Å². The minimum atomic E-state index is -0.508. The van der Waals surface area contributed by atoms with Gasteiger partial charge in [0.1, 0.15) is 0 Å². The maximum atomic E-state index is 12.8. The van der Waals surface area contributed by atoms with Crippen LogP contribution in [-0.2, 0) is 4.79 Å². The molecule has 0 aromatic heterocycles. The van der Waals surface area contributed by atoms with Crippen LogP contribution in [-0.4, -0.2) is 11.1 Å². The lowest BCUT2D eigenvalue weighted by molar-refractivity contribution is -0.244. The topological polar surface area (TPSA) is 37.3 Å². The molecular weight excluding hydrogens is 416 g/mol. The van der Waals surface area contributed by atoms with Crippen LogP contribution in [0.25, 0.3) is 0 Å². The zero-order valence-electron chi connectivity index (χ0n) is 23.3. The second-order valence-electron chi connectivity index (χ2n) is 14.9. The quantitative estimate of drug-likeness (QED) is 0.420. The molecule has 0 radical (unpaired) electrons. The molecule has 0 saturated heterocycles. The molecule has 2 nitrogen and oxygen atoms in total. The smallest absolute Gasteiger partial charge is 0.309 e. The molecule has 11 atom stereocenters. The average molecular weight is 469 g/mol. The summed E-state index contributed by atoms with van der Waals surface area (Å²) in [5, 5.41) is 10.5. The van der Waals surface area contributed by atoms with E-state index in [9.17, 15) is 9.90 Å². The van der Waals surface area contributed by atoms with E-state index in [4.69, 9.17) is 0 Å². The molecule has 5 fully saturated rings. The number of carbonyl (C=O) groups is 1. The van der Waals surface area contributed by atoms with Gasteiger partial charge in [-0.3, -0.25) is 4.79 Å². The molecule has 0 aromatic carbocycles. The Morgan fingerprint density at radius 3 is 2.21 bits per heavy atom. The predicted octanol–water partition coefficient (Wildman–Crippen LogP) is 8.75. The van der Waals surface area contributed by atoms with Crippen LogP contribution in [0.5, 0.6) is 0 Å². The van der Waals surface area contributed by atoms with Crippen molar-refractivity contribution in [2.75, 3.05) is 0 Å². The van der Waals surface area contributed by atoms with Crippen LogP contribution in [0.15, 0.2) is 12.2 Å². The summed E-state index contributed by atoms with van der Waals surface area (Å²) < 4.78 is 0. The van der Waals surface area contributed by atoms with E-state index in [-0.39, 0.29) is 11.3 Å². The SMILES string of the molecule is C=C(C)[C@@H]1CC[C@]2(C(=O)O)CC[C@]3(C)C(CCC4[C@@]5(C)CC[C@H](C)[C@@](C)(CC)C5CC[C@]43C)C12. The van der Waals surface area contributed by atoms with E-state index in [0.29, 0.717) is 28.1 Å². The van der Waals surface area contributed by atoms with Crippen LogP contribution in [0, 0.1) is 62.6 Å². The van der Waals surface area contributed by atoms with Crippen LogP contribution in [0.2, 0.25) is 0 Å². The van der Waals surface area contributed by atoms with Crippen molar-refractivity contribution in [2.45, 2.75) is 119 Å². The highest BCUT2D eigenvalue weighted by molar-refractivity contribution is 5.76. The zero-order valence-corrected chi connectivity index (χ0v) is 23.3. The Labute approximate surface area is 209 Å². The van der Waals surface area contributed by atoms with Crippen molar-refractivity contribution < 1.29 is 9.90 Å². The number of aliphatic carboxylic acids is 1. The first kappa shape index (κ1) is 24.9. The highest BCUT2D eigenvalue weighted by Gasteiger charge is 2.72. The first-order valence-electron chi connectivity index (χ1n) is 14.7. The first-order valence-corrected chi connectivity index (χ1v) is 14.7. The third-order valence-corrected chi connectivity index (χ3v) is 14.6. The summed E-state index contributed by atoms with van der Waals surface area (Å²) in [5.74, 6) is 3.15. The molecule has 0 aliphatic heterocycles. The van der Waals surface area contributed by atoms with Crippen LogP contribution in [0.1, 0.15) is 119 Å². The summed E-state index contributed by atoms with van der Waals surface area (Å²) in [7, 11) is 0. The Hall–Kier alpha value is -0.790. The summed E-state index contributed by atoms with van der Waals surface area (Å²) in [4.78, 5) is 12.8. The van der Waals surface area contributed by atoms with E-state index in [2.05, 4.69) is 55.0 Å². The van der Waals surface area contributed by atoms with Gasteiger partial charge < -0.3 is 5.11 Å². The number of allylic oxidation sites excluding steroid dienone is 1. The summed E-state index contributed by atoms with van der Waals surface area (Å²) >= 11 is 0. The van der Waals surface area contributed by atoms with Crippen molar-refractivity contribution in [1.82, 2.24) is 0 Å². The zero-order chi connectivity index (χ0) is 24.9. The average Bonchev–Trinajstić information content (AvgIpc) is 3.18. The van der Waals surface area contributed by atoms with Crippen molar-refractivity contribution in [1.29, 1.82) is 0 Å². The van der Waals surface area contributed by atoms with Crippen LogP contribution in [0.4, 0.5) is 0 Å². The van der Waals surface area contributed by atoms with Gasteiger partial charge in [-0.15, -0.1) is 0 Å². The van der Waals surface area contributed by atoms with Gasteiger partial charge in [-0.05, 0) is 128 Å². The molecule has 192 valence electrons. The summed E-state index contributed by atoms with van der Waals surface area (Å²) in [6, 6.07) is 0. The minimum absolute atomic E-state index is 0.247. The molecule has 0 amide bonds. The summed E-state index contributed by atoms with van der Waals surface area (Å²) in [6.07, 6.45) is 13.2. The van der Waals surface area contributed by atoms with E-state index in [1.807, 2.05) is 0 Å². The van der Waals surface area contributed by atoms with Crippen molar-refractivity contribution in [3.8, 4) is 0 Å². The van der Waals surface area contributed by atoms with E-state index < -0.39 is 11.4 Å². The molecule has 0 aromatic rings. The van der Waals surface area contributed by atoms with E-state index in [1.54, 1.807) is 0 Å². The lowest BCUT2D eigenvalue weighted by Gasteiger charge is -2.73. The normalized spacial score (nSPS) is 56.6. The van der Waals surface area contributed by atoms with Gasteiger partial charge in [-0.25, -0.2) is 0 Å². The van der Waals surface area contributed by atoms with Crippen LogP contribution >= 0.6 is 0 Å². The van der Waals surface area contributed by atoms with Gasteiger partial charge >= 0.3 is 5.97 Å². The van der Waals surface area contributed by atoms with Gasteiger partial charge in [0.15, 0.2) is 0 Å². The highest BCUT2D eigenvalue weighted by Crippen LogP contribution is 2.78. The maximum Gasteiger partial charge on any atom is 0.309 e. The number of hydrogen-bond acceptors (Lipinski definition) is 1. The maximum absolute atomic E-state index is 12.8. The fourth-order valence-corrected chi connectivity index (χ4v) is 12.1. The fourth-order valence-electron chi connectivity index (χ4n) is 12.1. The molecule has 5 saturated carbocycles. The van der Waals surface area contributed by atoms with Crippen LogP contribution < -0.4 is 0 Å². The largest absolute Gasteiger partial charge is 0.481 e. The molecule has 5 aliphatic rings. The summed E-state index contributed by atoms with van der Waals surface area (Å²) in [5.41, 5.74) is 2.20. The lowest BCUT2D eigenvalue weighted by Crippen LogP contribution is -2.66. The van der Waals surface area contributed by atoms with Crippen molar-refractivity contribution in [3.05, 3.63) is 12.2 Å². The Morgan fingerprint density at radius 1 is 0.882 bits per heavy atom. The predicted molar refractivity (Wildman–Crippen MR) is 140 cm³/mol. The number of fused-ring (bicyclic) bond motifs is 7. The monoisotopic (exact) mass is 468 g/mol. The second kappa shape index (κ2) is 7.61. The van der Waals surface area contributed by atoms with Gasteiger partial charge in [-0.1, -0.05) is 60.1 Å². The molecular formula is C32H52O2. The Balaban J connectivity index is 1.56. The van der Waals surface area contributed by atoms with Gasteiger partial charge in [0.25, 0.3) is 0 Å². The molecule has 0 heterocycles. The van der Waals surface area contributed by atoms with E-state index >= 15 is 0 Å². The number of rotatable bonds is 3. The second-order valence-corrected chi connectivity index (χ2v) is 14.9. The Kier molecular flexibility index (Phi) is 5.57. The molecule has 0 bridgehead atoms. The molecule has 4 unspecified atom stereocenters. The van der Waals surface area contributed by atoms with Gasteiger partial charge in [-0.2, -0.15) is 0 Å². The Bertz CT molecular complexity index is 876. The molecule has 1 N–H and O–H groups in total. The minimum Gasteiger partial charge on any atom is -0.481 e. The van der Waals surface area contributed by atoms with Crippen molar-refractivity contribution >= 4 is 5.97 Å². The molecule has 2 heteroatoms. The van der Waals surface area contributed by atoms with E-state index in [0.717, 1.165) is 43.4 Å². The van der Waals surface area contributed by atoms with Gasteiger partial charge in [0, 0.05) is 0 Å². The van der Waals surface area contributed by atoms with Crippen LogP contribution in [0.3, 0.4) is 0 Å². The number of hydrogen-bond donors (Lipinski definition) is 1. The Morgan fingerprint density at radius 2 is 1.59 bits per heavy atom. The van der Waals surface area contributed by atoms with Crippen molar-refractivity contribution in [2.24, 2.45) is 62.6 Å². The molecule has 5 aliphatic carbocycles. The summed E-state index contributed by atoms with van der Waals surface area (Å²) in [6.45, 7) is 22.1. The number of carboxylic acid groups (broad SMARTS) is 1. The van der Waals surface area contributed by atoms with E-state index in [1.165, 1.54) is 50.5 Å². The van der Waals surface area contributed by atoms with Crippen molar-refractivity contribution in [3.63, 3.8) is 0 Å². The number of carboxylic acids is 1. The third-order valence-electron chi connectivity index (χ3n) is 14.6. The lowest BCUT2D eigenvalue weighted by atomic mass is 9.31. The standard InChI is InChI=1S/C32H52O2/c1-9-28(5)21(4)12-15-29(6)24(28)14-16-31(8)25(29)11-10-23-26-22(20(2)3)13-17-32(26,27(33)34)19-18-30(23,31)7/h21-26H,2,9-19H2,1,3-8H3,(H,33,34)/t21-,22-,23?,24?,25?,26?,28+,29-,30+,31+,32-/m0/s1. The first-order chi connectivity index (χ1) is 15.8. The highest BCUT2D eigenvalue weighted by atomic mass is 16.4. The van der Waals surface area contributed by atoms with Gasteiger partial charge in [0.2, 0.25) is 0 Å². The fraction of sp³-hybridized carbons (Fsp3) is 0.906. The molecule has 34 heavy (non-hydrogen) atoms. The molecule has 5 rings (SSSR count). The third kappa shape index (κ3) is 2.78.